The summed E-state index contributed by atoms with van der Waals surface area (Å²) in [5.74, 6) is 0. The molecule has 1 rings (SSSR count). The maximum Gasteiger partial charge on any atom is 0.184 e. The van der Waals surface area contributed by atoms with Gasteiger partial charge in [-0.25, -0.2) is 0 Å². The minimum Gasteiger partial charge on any atom is -0.379 e. The number of unbranched alkanes of at least 4 members (excludes halogenated alkanes) is 3. The molecule has 1 aliphatic heterocycles. The quantitative estimate of drug-likeness (QED) is 0.479. The lowest BCUT2D eigenvalue weighted by molar-refractivity contribution is -0.308. The van der Waals surface area contributed by atoms with Crippen LogP contribution in [0, 0.1) is 0 Å². The third-order valence-electron chi connectivity index (χ3n) is 4.42. The van der Waals surface area contributed by atoms with Gasteiger partial charge in [-0.1, -0.05) is 40.0 Å². The Labute approximate surface area is 153 Å². The van der Waals surface area contributed by atoms with E-state index in [1.165, 1.54) is 0 Å². The van der Waals surface area contributed by atoms with Gasteiger partial charge in [0.15, 0.2) is 6.29 Å². The van der Waals surface area contributed by atoms with Crippen molar-refractivity contribution in [2.75, 3.05) is 33.5 Å². The van der Waals surface area contributed by atoms with Gasteiger partial charge in [-0.05, 0) is 19.3 Å². The van der Waals surface area contributed by atoms with Crippen molar-refractivity contribution < 1.29 is 28.8 Å². The van der Waals surface area contributed by atoms with Gasteiger partial charge in [-0.2, -0.15) is 0 Å². The Morgan fingerprint density at radius 3 is 1.92 bits per heavy atom. The van der Waals surface area contributed by atoms with Crippen LogP contribution in [0.5, 0.6) is 0 Å². The van der Waals surface area contributed by atoms with Crippen molar-refractivity contribution in [1.82, 2.24) is 0 Å². The first-order chi connectivity index (χ1) is 12.2. The molecule has 1 fully saturated rings. The van der Waals surface area contributed by atoms with Gasteiger partial charge in [0, 0.05) is 26.9 Å². The molecule has 2 unspecified atom stereocenters. The van der Waals surface area contributed by atoms with Gasteiger partial charge in [0.1, 0.15) is 24.4 Å². The van der Waals surface area contributed by atoms with Crippen molar-refractivity contribution in [3.05, 3.63) is 0 Å². The number of ether oxygens (including phenoxy) is 5. The van der Waals surface area contributed by atoms with E-state index in [1.807, 2.05) is 0 Å². The van der Waals surface area contributed by atoms with Crippen LogP contribution < -0.4 is 0 Å². The molecule has 0 radical (unpaired) electrons. The van der Waals surface area contributed by atoms with Crippen molar-refractivity contribution in [1.29, 1.82) is 0 Å². The van der Waals surface area contributed by atoms with Crippen molar-refractivity contribution >= 4 is 0 Å². The first-order valence-electron chi connectivity index (χ1n) is 9.86. The lowest BCUT2D eigenvalue weighted by Crippen LogP contribution is -2.61. The van der Waals surface area contributed by atoms with E-state index in [4.69, 9.17) is 23.7 Å². The summed E-state index contributed by atoms with van der Waals surface area (Å²) in [6, 6.07) is 0. The summed E-state index contributed by atoms with van der Waals surface area (Å²) in [4.78, 5) is 0. The second-order valence-corrected chi connectivity index (χ2v) is 6.57. The molecular weight excluding hydrogens is 324 g/mol. The summed E-state index contributed by atoms with van der Waals surface area (Å²) >= 11 is 0. The fraction of sp³-hybridized carbons (Fsp3) is 1.00. The normalized spacial score (nSPS) is 29.9. The van der Waals surface area contributed by atoms with E-state index >= 15 is 0 Å². The topological polar surface area (TPSA) is 66.4 Å². The predicted molar refractivity (Wildman–Crippen MR) is 96.7 cm³/mol. The van der Waals surface area contributed by atoms with Crippen LogP contribution in [0.4, 0.5) is 0 Å². The summed E-state index contributed by atoms with van der Waals surface area (Å²) in [6.45, 7) is 8.62. The maximum absolute atomic E-state index is 10.4. The first kappa shape index (κ1) is 22.8. The molecule has 0 aromatic carbocycles. The molecule has 1 saturated heterocycles. The summed E-state index contributed by atoms with van der Waals surface area (Å²) < 4.78 is 29.1. The second-order valence-electron chi connectivity index (χ2n) is 6.57. The minimum absolute atomic E-state index is 0.312. The molecule has 0 aromatic heterocycles. The molecule has 1 heterocycles. The van der Waals surface area contributed by atoms with E-state index in [-0.39, 0.29) is 18.3 Å². The zero-order chi connectivity index (χ0) is 18.5. The Balaban J connectivity index is 2.71. The highest BCUT2D eigenvalue weighted by molar-refractivity contribution is 4.92. The molecule has 0 aliphatic carbocycles. The second kappa shape index (κ2) is 13.9. The predicted octanol–water partition coefficient (Wildman–Crippen LogP) is 2.91. The Bertz CT molecular complexity index is 314. The first-order valence-corrected chi connectivity index (χ1v) is 9.86. The number of aliphatic hydroxyl groups is 1. The molecular formula is C19H38O6. The number of hydrogen-bond donors (Lipinski definition) is 1. The molecule has 1 aliphatic rings. The van der Waals surface area contributed by atoms with Gasteiger partial charge in [-0.15, -0.1) is 0 Å². The molecule has 25 heavy (non-hydrogen) atoms. The molecule has 0 aromatic rings. The van der Waals surface area contributed by atoms with Crippen LogP contribution in [0.2, 0.25) is 0 Å². The molecule has 6 heteroatoms. The molecule has 150 valence electrons. The van der Waals surface area contributed by atoms with Gasteiger partial charge in [0.05, 0.1) is 6.61 Å². The van der Waals surface area contributed by atoms with Crippen LogP contribution >= 0.6 is 0 Å². The van der Waals surface area contributed by atoms with Crippen molar-refractivity contribution in [3.63, 3.8) is 0 Å². The van der Waals surface area contributed by atoms with Crippen molar-refractivity contribution in [2.24, 2.45) is 0 Å². The number of aliphatic hydroxyl groups excluding tert-OH is 1. The van der Waals surface area contributed by atoms with E-state index < -0.39 is 12.4 Å². The van der Waals surface area contributed by atoms with E-state index in [9.17, 15) is 5.11 Å². The molecule has 0 amide bonds. The zero-order valence-corrected chi connectivity index (χ0v) is 16.4. The highest BCUT2D eigenvalue weighted by Crippen LogP contribution is 2.27. The van der Waals surface area contributed by atoms with Crippen LogP contribution in [0.15, 0.2) is 0 Å². The highest BCUT2D eigenvalue weighted by atomic mass is 16.7. The van der Waals surface area contributed by atoms with Gasteiger partial charge in [0.2, 0.25) is 0 Å². The Morgan fingerprint density at radius 2 is 1.36 bits per heavy atom. The maximum atomic E-state index is 10.4. The van der Waals surface area contributed by atoms with Crippen LogP contribution in [-0.2, 0) is 23.7 Å². The molecule has 0 saturated carbocycles. The number of methoxy groups -OCH3 is 1. The monoisotopic (exact) mass is 362 g/mol. The zero-order valence-electron chi connectivity index (χ0n) is 16.4. The molecule has 0 bridgehead atoms. The largest absolute Gasteiger partial charge is 0.379 e. The van der Waals surface area contributed by atoms with E-state index in [2.05, 4.69) is 20.8 Å². The average Bonchev–Trinajstić information content (AvgIpc) is 2.61. The number of rotatable bonds is 14. The van der Waals surface area contributed by atoms with E-state index in [0.717, 1.165) is 38.5 Å². The summed E-state index contributed by atoms with van der Waals surface area (Å²) in [6.07, 6.45) is 3.46. The standard InChI is InChI=1S/C19H38O6/c1-5-8-11-22-14-15-16(23-12-9-6-2)17(21-4)18(19(20)25-15)24-13-10-7-3/h15-20H,5-14H2,1-4H3/t15?,16-,17?,18-,19+/m0/s1. The Morgan fingerprint density at radius 1 is 0.800 bits per heavy atom. The van der Waals surface area contributed by atoms with E-state index in [0.29, 0.717) is 26.4 Å². The third kappa shape index (κ3) is 7.89. The van der Waals surface area contributed by atoms with E-state index in [1.54, 1.807) is 7.11 Å². The van der Waals surface area contributed by atoms with Crippen molar-refractivity contribution in [2.45, 2.75) is 90.0 Å². The summed E-state index contributed by atoms with van der Waals surface area (Å²) in [7, 11) is 1.63. The lowest BCUT2D eigenvalue weighted by Gasteiger charge is -2.44. The van der Waals surface area contributed by atoms with Crippen LogP contribution in [0.3, 0.4) is 0 Å². The van der Waals surface area contributed by atoms with Crippen LogP contribution in [-0.4, -0.2) is 69.3 Å². The molecule has 1 N–H and O–H groups in total. The van der Waals surface area contributed by atoms with Crippen LogP contribution in [0.25, 0.3) is 0 Å². The number of hydrogen-bond acceptors (Lipinski definition) is 6. The third-order valence-corrected chi connectivity index (χ3v) is 4.42. The fourth-order valence-corrected chi connectivity index (χ4v) is 2.85. The smallest absolute Gasteiger partial charge is 0.184 e. The Hall–Kier alpha value is -0.240. The fourth-order valence-electron chi connectivity index (χ4n) is 2.85. The SMILES string of the molecule is CCCCOCC1O[C@@H](O)[C@@H](OCCCC)C(OC)[C@H]1OCCCC. The molecule has 6 nitrogen and oxygen atoms in total. The van der Waals surface area contributed by atoms with Crippen LogP contribution in [0.1, 0.15) is 59.3 Å². The highest BCUT2D eigenvalue weighted by Gasteiger charge is 2.47. The molecule has 5 atom stereocenters. The van der Waals surface area contributed by atoms with Gasteiger partial charge in [-0.3, -0.25) is 0 Å². The summed E-state index contributed by atoms with van der Waals surface area (Å²) in [5, 5.41) is 10.4. The van der Waals surface area contributed by atoms with Gasteiger partial charge >= 0.3 is 0 Å². The summed E-state index contributed by atoms with van der Waals surface area (Å²) in [5.41, 5.74) is 0. The minimum atomic E-state index is -1.03. The Kier molecular flexibility index (Phi) is 12.7. The average molecular weight is 363 g/mol. The van der Waals surface area contributed by atoms with Gasteiger partial charge in [0.25, 0.3) is 0 Å². The van der Waals surface area contributed by atoms with Gasteiger partial charge < -0.3 is 28.8 Å². The lowest BCUT2D eigenvalue weighted by atomic mass is 9.98. The molecule has 0 spiro atoms. The van der Waals surface area contributed by atoms with Crippen molar-refractivity contribution in [3.8, 4) is 0 Å².